The standard InChI is InChI=1S/C16H17N5O4/c1-10-14-15(24)20(8-13(22)23)9-18-21(14)16(19-10)17-7-11-3-5-12(25-2)6-4-11/h3-6,9H,7-8H2,1-2H3,(H,17,19)(H,22,23)/q+1. The summed E-state index contributed by atoms with van der Waals surface area (Å²) in [5.41, 5.74) is 1.74. The third-order valence-electron chi connectivity index (χ3n) is 3.71. The zero-order valence-electron chi connectivity index (χ0n) is 13.8. The molecule has 0 saturated carbocycles. The minimum Gasteiger partial charge on any atom is -0.497 e. The number of nitrogens with zero attached hydrogens (tertiary/aromatic N) is 4. The Balaban J connectivity index is 1.70. The summed E-state index contributed by atoms with van der Waals surface area (Å²) >= 11 is 0. The fourth-order valence-corrected chi connectivity index (χ4v) is 2.48. The van der Waals surface area contributed by atoms with Crippen LogP contribution in [0.2, 0.25) is 0 Å². The van der Waals surface area contributed by atoms with Gasteiger partial charge in [-0.3, -0.25) is 14.5 Å². The molecule has 9 nitrogen and oxygen atoms in total. The van der Waals surface area contributed by atoms with Gasteiger partial charge in [-0.15, -0.1) is 0 Å². The highest BCUT2D eigenvalue weighted by molar-refractivity contribution is 6.09. The predicted molar refractivity (Wildman–Crippen MR) is 89.9 cm³/mol. The van der Waals surface area contributed by atoms with Gasteiger partial charge in [-0.1, -0.05) is 12.1 Å². The van der Waals surface area contributed by atoms with Crippen molar-refractivity contribution >= 4 is 24.2 Å². The molecular formula is C16H17N5O4+. The number of guanidine groups is 1. The van der Waals surface area contributed by atoms with Gasteiger partial charge in [-0.25, -0.2) is 0 Å². The van der Waals surface area contributed by atoms with E-state index in [9.17, 15) is 9.59 Å². The SMILES string of the molecule is COc1ccc(CNC2=NC(C)=C3C(=O)N(CC(=O)O)C=N[N+]23)cc1. The largest absolute Gasteiger partial charge is 0.497 e. The van der Waals surface area contributed by atoms with Crippen LogP contribution in [-0.2, 0) is 16.1 Å². The summed E-state index contributed by atoms with van der Waals surface area (Å²) in [7, 11) is 1.61. The molecule has 2 aliphatic heterocycles. The highest BCUT2D eigenvalue weighted by Crippen LogP contribution is 2.22. The monoisotopic (exact) mass is 343 g/mol. The van der Waals surface area contributed by atoms with Gasteiger partial charge in [-0.05, 0) is 29.7 Å². The summed E-state index contributed by atoms with van der Waals surface area (Å²) in [6.07, 6.45) is 1.20. The highest BCUT2D eigenvalue weighted by Gasteiger charge is 2.48. The quantitative estimate of drug-likeness (QED) is 0.752. The summed E-state index contributed by atoms with van der Waals surface area (Å²) in [5, 5.41) is 17.5. The first kappa shape index (κ1) is 16.7. The lowest BCUT2D eigenvalue weighted by Gasteiger charge is -2.17. The lowest BCUT2D eigenvalue weighted by atomic mass is 10.2. The van der Waals surface area contributed by atoms with Crippen LogP contribution < -0.4 is 15.1 Å². The molecule has 0 saturated heterocycles. The van der Waals surface area contributed by atoms with E-state index in [-0.39, 0.29) is 5.70 Å². The molecule has 0 bridgehead atoms. The second-order valence-electron chi connectivity index (χ2n) is 5.44. The normalized spacial score (nSPS) is 16.8. The van der Waals surface area contributed by atoms with Crippen LogP contribution in [0.1, 0.15) is 12.5 Å². The number of nitrogens with one attached hydrogen (secondary N) is 1. The molecule has 2 aliphatic rings. The summed E-state index contributed by atoms with van der Waals surface area (Å²) in [6.45, 7) is 1.73. The van der Waals surface area contributed by atoms with Crippen LogP contribution in [0.4, 0.5) is 0 Å². The smallest absolute Gasteiger partial charge is 0.389 e. The number of methoxy groups -OCH3 is 1. The predicted octanol–water partition coefficient (Wildman–Crippen LogP) is 0.396. The van der Waals surface area contributed by atoms with Crippen LogP contribution in [0, 0.1) is 0 Å². The van der Waals surface area contributed by atoms with Crippen molar-refractivity contribution in [1.29, 1.82) is 0 Å². The molecule has 0 spiro atoms. The van der Waals surface area contributed by atoms with E-state index in [0.717, 1.165) is 16.2 Å². The van der Waals surface area contributed by atoms with Crippen molar-refractivity contribution in [2.75, 3.05) is 13.7 Å². The number of carbonyl (C=O) groups is 2. The fourth-order valence-electron chi connectivity index (χ4n) is 2.48. The van der Waals surface area contributed by atoms with Crippen LogP contribution in [0.25, 0.3) is 0 Å². The maximum Gasteiger partial charge on any atom is 0.389 e. The molecule has 1 aromatic carbocycles. The van der Waals surface area contributed by atoms with Gasteiger partial charge in [0, 0.05) is 6.54 Å². The Morgan fingerprint density at radius 3 is 2.72 bits per heavy atom. The van der Waals surface area contributed by atoms with Gasteiger partial charge < -0.3 is 15.2 Å². The molecule has 25 heavy (non-hydrogen) atoms. The first-order chi connectivity index (χ1) is 12.0. The molecule has 1 aromatic rings. The molecule has 2 N–H and O–H groups in total. The Kier molecular flexibility index (Phi) is 4.48. The van der Waals surface area contributed by atoms with E-state index in [0.29, 0.717) is 18.2 Å². The average molecular weight is 343 g/mol. The molecule has 2 heterocycles. The fraction of sp³-hybridized carbons (Fsp3) is 0.250. The Labute approximate surface area is 143 Å². The summed E-state index contributed by atoms with van der Waals surface area (Å²) in [5.74, 6) is -0.363. The van der Waals surface area contributed by atoms with Crippen LogP contribution in [0.3, 0.4) is 0 Å². The van der Waals surface area contributed by atoms with Crippen molar-refractivity contribution in [3.8, 4) is 5.75 Å². The summed E-state index contributed by atoms with van der Waals surface area (Å²) in [6, 6.07) is 7.55. The van der Waals surface area contributed by atoms with Crippen molar-refractivity contribution in [3.63, 3.8) is 0 Å². The molecule has 9 heteroatoms. The Hall–Kier alpha value is -3.20. The molecule has 0 atom stereocenters. The van der Waals surface area contributed by atoms with Gasteiger partial charge >= 0.3 is 23.5 Å². The summed E-state index contributed by atoms with van der Waals surface area (Å²) in [4.78, 5) is 28.6. The van der Waals surface area contributed by atoms with Gasteiger partial charge in [0.15, 0.2) is 6.34 Å². The first-order valence-corrected chi connectivity index (χ1v) is 7.53. The molecule has 1 amide bonds. The average Bonchev–Trinajstić information content (AvgIpc) is 2.92. The number of allylic oxidation sites excluding steroid dienone is 1. The second-order valence-corrected chi connectivity index (χ2v) is 5.44. The Morgan fingerprint density at radius 1 is 1.36 bits per heavy atom. The molecule has 1 radical (unpaired) electrons. The van der Waals surface area contributed by atoms with Crippen LogP contribution >= 0.6 is 0 Å². The van der Waals surface area contributed by atoms with Crippen molar-refractivity contribution in [2.45, 2.75) is 13.5 Å². The van der Waals surface area contributed by atoms with E-state index in [1.54, 1.807) is 14.0 Å². The van der Waals surface area contributed by atoms with Crippen molar-refractivity contribution < 1.29 is 19.4 Å². The molecule has 129 valence electrons. The number of carboxylic acid groups (broad SMARTS) is 1. The van der Waals surface area contributed by atoms with Crippen molar-refractivity contribution in [2.24, 2.45) is 10.1 Å². The highest BCUT2D eigenvalue weighted by atomic mass is 16.5. The maximum atomic E-state index is 12.4. The molecule has 0 aromatic heterocycles. The molecule has 3 rings (SSSR count). The Morgan fingerprint density at radius 2 is 2.08 bits per heavy atom. The van der Waals surface area contributed by atoms with Crippen molar-refractivity contribution in [1.82, 2.24) is 15.2 Å². The Bertz CT molecular complexity index is 797. The van der Waals surface area contributed by atoms with Gasteiger partial charge in [0.25, 0.3) is 0 Å². The zero-order chi connectivity index (χ0) is 18.0. The topological polar surface area (TPSA) is 109 Å². The molecule has 0 aliphatic carbocycles. The van der Waals surface area contributed by atoms with E-state index in [1.165, 1.54) is 11.3 Å². The number of benzene rings is 1. The van der Waals surface area contributed by atoms with Gasteiger partial charge in [0.05, 0.1) is 12.1 Å². The van der Waals surface area contributed by atoms with E-state index in [1.807, 2.05) is 24.3 Å². The molecule has 0 fully saturated rings. The van der Waals surface area contributed by atoms with Crippen LogP contribution in [-0.4, -0.2) is 47.8 Å². The number of rotatable bonds is 5. The van der Waals surface area contributed by atoms with E-state index in [2.05, 4.69) is 15.4 Å². The van der Waals surface area contributed by atoms with E-state index >= 15 is 0 Å². The van der Waals surface area contributed by atoms with Gasteiger partial charge in [-0.2, -0.15) is 4.99 Å². The van der Waals surface area contributed by atoms with E-state index < -0.39 is 18.4 Å². The number of hydrogen-bond acceptors (Lipinski definition) is 7. The third kappa shape index (κ3) is 3.36. The number of hydrogen-bond donors (Lipinski definition) is 2. The molecular weight excluding hydrogens is 326 g/mol. The number of aliphatic imine (C=N–C) groups is 1. The number of amides is 1. The number of aliphatic carboxylic acids is 1. The minimum atomic E-state index is -1.11. The number of hydrazone groups is 1. The second kappa shape index (κ2) is 6.73. The number of ether oxygens (including phenoxy) is 1. The van der Waals surface area contributed by atoms with Crippen LogP contribution in [0.5, 0.6) is 5.75 Å². The lowest BCUT2D eigenvalue weighted by Crippen LogP contribution is -2.49. The number of fused-ring (bicyclic) bond motifs is 1. The number of carboxylic acids is 1. The lowest BCUT2D eigenvalue weighted by molar-refractivity contribution is -0.140. The van der Waals surface area contributed by atoms with E-state index in [4.69, 9.17) is 9.84 Å². The van der Waals surface area contributed by atoms with Crippen LogP contribution in [0.15, 0.2) is 45.8 Å². The zero-order valence-corrected chi connectivity index (χ0v) is 13.8. The third-order valence-corrected chi connectivity index (χ3v) is 3.71. The van der Waals surface area contributed by atoms with Crippen molar-refractivity contribution in [3.05, 3.63) is 41.2 Å². The molecule has 0 unspecified atom stereocenters. The minimum absolute atomic E-state index is 0.251. The maximum absolute atomic E-state index is 12.4. The number of carbonyl (C=O) groups excluding carboxylic acids is 1. The van der Waals surface area contributed by atoms with Gasteiger partial charge in [0.2, 0.25) is 0 Å². The first-order valence-electron chi connectivity index (χ1n) is 7.53. The summed E-state index contributed by atoms with van der Waals surface area (Å²) < 4.78 is 5.12. The van der Waals surface area contributed by atoms with Gasteiger partial charge in [0.1, 0.15) is 18.0 Å².